The minimum Gasteiger partial charge on any atom is -0.383 e. The lowest BCUT2D eigenvalue weighted by Crippen LogP contribution is -2.28. The van der Waals surface area contributed by atoms with Gasteiger partial charge in [-0.05, 0) is 36.4 Å². The number of pyridine rings is 1. The monoisotopic (exact) mass is 336 g/mol. The molecule has 0 bridgehead atoms. The van der Waals surface area contributed by atoms with Crippen molar-refractivity contribution in [1.29, 1.82) is 0 Å². The average Bonchev–Trinajstić information content (AvgIpc) is 3.15. The van der Waals surface area contributed by atoms with Crippen LogP contribution in [0.5, 0.6) is 0 Å². The fourth-order valence-corrected chi connectivity index (χ4v) is 2.98. The molecule has 0 aliphatic heterocycles. The fraction of sp³-hybridized carbons (Fsp3) is 0.300. The summed E-state index contributed by atoms with van der Waals surface area (Å²) in [5.41, 5.74) is 3.59. The van der Waals surface area contributed by atoms with Gasteiger partial charge in [0, 0.05) is 32.2 Å². The van der Waals surface area contributed by atoms with Crippen LogP contribution in [0.25, 0.3) is 0 Å². The minimum absolute atomic E-state index is 0.115. The third-order valence-electron chi connectivity index (χ3n) is 4.32. The molecule has 0 fully saturated rings. The lowest BCUT2D eigenvalue weighted by molar-refractivity contribution is 0.0998. The van der Waals surface area contributed by atoms with E-state index in [0.717, 1.165) is 18.8 Å². The van der Waals surface area contributed by atoms with Crippen LogP contribution in [0.4, 0.5) is 0 Å². The Kier molecular flexibility index (Phi) is 5.93. The normalized spacial score (nSPS) is 12.4. The summed E-state index contributed by atoms with van der Waals surface area (Å²) in [4.78, 5) is 6.79. The highest BCUT2D eigenvalue weighted by molar-refractivity contribution is 5.27. The predicted octanol–water partition coefficient (Wildman–Crippen LogP) is 3.15. The van der Waals surface area contributed by atoms with Gasteiger partial charge in [-0.2, -0.15) is 5.10 Å². The van der Waals surface area contributed by atoms with Crippen molar-refractivity contribution in [3.63, 3.8) is 0 Å². The van der Waals surface area contributed by atoms with Gasteiger partial charge in [-0.1, -0.05) is 30.3 Å². The van der Waals surface area contributed by atoms with E-state index in [1.54, 1.807) is 7.11 Å². The van der Waals surface area contributed by atoms with Crippen LogP contribution in [0.1, 0.15) is 22.9 Å². The quantitative estimate of drug-likeness (QED) is 0.634. The first kappa shape index (κ1) is 17.3. The molecule has 5 nitrogen and oxygen atoms in total. The Balaban J connectivity index is 1.78. The number of hydrogen-bond donors (Lipinski definition) is 0. The van der Waals surface area contributed by atoms with E-state index in [4.69, 9.17) is 4.74 Å². The van der Waals surface area contributed by atoms with Gasteiger partial charge in [0.15, 0.2) is 0 Å². The Morgan fingerprint density at radius 2 is 1.84 bits per heavy atom. The highest BCUT2D eigenvalue weighted by Crippen LogP contribution is 2.21. The second-order valence-electron chi connectivity index (χ2n) is 6.11. The highest BCUT2D eigenvalue weighted by Gasteiger charge is 2.19. The summed E-state index contributed by atoms with van der Waals surface area (Å²) in [6.45, 7) is 2.20. The topological polar surface area (TPSA) is 43.2 Å². The molecule has 0 radical (unpaired) electrons. The predicted molar refractivity (Wildman–Crippen MR) is 98.1 cm³/mol. The molecular formula is C20H24N4O. The summed E-state index contributed by atoms with van der Waals surface area (Å²) in [5.74, 6) is 0. The van der Waals surface area contributed by atoms with Crippen LogP contribution in [0.2, 0.25) is 0 Å². The molecule has 0 N–H and O–H groups in total. The fourth-order valence-electron chi connectivity index (χ4n) is 2.98. The molecular weight excluding hydrogens is 312 g/mol. The number of hydrogen-bond acceptors (Lipinski definition) is 4. The van der Waals surface area contributed by atoms with E-state index in [1.165, 1.54) is 11.1 Å². The number of rotatable bonds is 8. The summed E-state index contributed by atoms with van der Waals surface area (Å²) in [7, 11) is 3.85. The molecule has 2 heterocycles. The zero-order valence-corrected chi connectivity index (χ0v) is 14.7. The molecule has 0 amide bonds. The SMILES string of the molecule is COCC(c1ccccn1)N(C)Cc1ccccc1Cn1cccn1. The maximum atomic E-state index is 5.44. The lowest BCUT2D eigenvalue weighted by Gasteiger charge is -2.28. The van der Waals surface area contributed by atoms with E-state index in [-0.39, 0.29) is 6.04 Å². The van der Waals surface area contributed by atoms with Gasteiger partial charge in [0.2, 0.25) is 0 Å². The Labute approximate surface area is 148 Å². The average molecular weight is 336 g/mol. The molecule has 3 rings (SSSR count). The number of ether oxygens (including phenoxy) is 1. The third-order valence-corrected chi connectivity index (χ3v) is 4.32. The molecule has 2 aromatic heterocycles. The van der Waals surface area contributed by atoms with Crippen LogP contribution >= 0.6 is 0 Å². The molecule has 0 aliphatic carbocycles. The molecule has 0 aliphatic rings. The van der Waals surface area contributed by atoms with E-state index in [9.17, 15) is 0 Å². The van der Waals surface area contributed by atoms with E-state index < -0.39 is 0 Å². The molecule has 5 heteroatoms. The van der Waals surface area contributed by atoms with Crippen LogP contribution in [0.3, 0.4) is 0 Å². The molecule has 0 spiro atoms. The third kappa shape index (κ3) is 4.53. The van der Waals surface area contributed by atoms with Gasteiger partial charge in [-0.3, -0.25) is 14.6 Å². The van der Waals surface area contributed by atoms with Crippen molar-refractivity contribution in [3.8, 4) is 0 Å². The summed E-state index contributed by atoms with van der Waals surface area (Å²) in [6, 6.07) is 16.6. The highest BCUT2D eigenvalue weighted by atomic mass is 16.5. The largest absolute Gasteiger partial charge is 0.383 e. The van der Waals surface area contributed by atoms with Gasteiger partial charge in [0.05, 0.1) is 24.9 Å². The first-order chi connectivity index (χ1) is 12.3. The summed E-state index contributed by atoms with van der Waals surface area (Å²) in [5, 5.41) is 4.32. The Hall–Kier alpha value is -2.50. The second kappa shape index (κ2) is 8.55. The first-order valence-corrected chi connectivity index (χ1v) is 8.42. The van der Waals surface area contributed by atoms with Crippen LogP contribution in [0.15, 0.2) is 67.1 Å². The molecule has 130 valence electrons. The maximum Gasteiger partial charge on any atom is 0.0757 e. The molecule has 3 aromatic rings. The number of methoxy groups -OCH3 is 1. The standard InChI is InChI=1S/C20H24N4O/c1-23(20(16-25-2)19-10-5-6-11-21-19)14-17-8-3-4-9-18(17)15-24-13-7-12-22-24/h3-13,20H,14-16H2,1-2H3. The van der Waals surface area contributed by atoms with Crippen molar-refractivity contribution in [2.24, 2.45) is 0 Å². The summed E-state index contributed by atoms with van der Waals surface area (Å²) >= 11 is 0. The van der Waals surface area contributed by atoms with Crippen LogP contribution < -0.4 is 0 Å². The van der Waals surface area contributed by atoms with Crippen molar-refractivity contribution in [3.05, 3.63) is 83.9 Å². The van der Waals surface area contributed by atoms with E-state index in [2.05, 4.69) is 52.4 Å². The molecule has 1 unspecified atom stereocenters. The smallest absolute Gasteiger partial charge is 0.0757 e. The molecule has 0 saturated heterocycles. The van der Waals surface area contributed by atoms with Gasteiger partial charge in [0.25, 0.3) is 0 Å². The van der Waals surface area contributed by atoms with Crippen LogP contribution in [-0.2, 0) is 17.8 Å². The van der Waals surface area contributed by atoms with Crippen LogP contribution in [0, 0.1) is 0 Å². The van der Waals surface area contributed by atoms with E-state index >= 15 is 0 Å². The number of benzene rings is 1. The zero-order valence-electron chi connectivity index (χ0n) is 14.7. The lowest BCUT2D eigenvalue weighted by atomic mass is 10.1. The number of nitrogens with zero attached hydrogens (tertiary/aromatic N) is 4. The number of aromatic nitrogens is 3. The van der Waals surface area contributed by atoms with Crippen molar-refractivity contribution in [2.75, 3.05) is 20.8 Å². The van der Waals surface area contributed by atoms with E-state index in [1.807, 2.05) is 41.5 Å². The Morgan fingerprint density at radius 3 is 2.52 bits per heavy atom. The summed E-state index contributed by atoms with van der Waals surface area (Å²) in [6.07, 6.45) is 5.63. The maximum absolute atomic E-state index is 5.44. The van der Waals surface area contributed by atoms with Gasteiger partial charge >= 0.3 is 0 Å². The van der Waals surface area contributed by atoms with E-state index in [0.29, 0.717) is 6.61 Å². The summed E-state index contributed by atoms with van der Waals surface area (Å²) < 4.78 is 7.39. The van der Waals surface area contributed by atoms with Crippen molar-refractivity contribution in [1.82, 2.24) is 19.7 Å². The van der Waals surface area contributed by atoms with Gasteiger partial charge in [-0.15, -0.1) is 0 Å². The van der Waals surface area contributed by atoms with Gasteiger partial charge < -0.3 is 4.74 Å². The Bertz CT molecular complexity index is 758. The van der Waals surface area contributed by atoms with Gasteiger partial charge in [0.1, 0.15) is 0 Å². The molecule has 0 saturated carbocycles. The van der Waals surface area contributed by atoms with Crippen molar-refractivity contribution >= 4 is 0 Å². The minimum atomic E-state index is 0.115. The van der Waals surface area contributed by atoms with Crippen molar-refractivity contribution in [2.45, 2.75) is 19.1 Å². The second-order valence-corrected chi connectivity index (χ2v) is 6.11. The Morgan fingerprint density at radius 1 is 1.04 bits per heavy atom. The number of likely N-dealkylation sites (N-methyl/N-ethyl adjacent to an activating group) is 1. The van der Waals surface area contributed by atoms with Gasteiger partial charge in [-0.25, -0.2) is 0 Å². The molecule has 25 heavy (non-hydrogen) atoms. The first-order valence-electron chi connectivity index (χ1n) is 8.42. The van der Waals surface area contributed by atoms with Crippen LogP contribution in [-0.4, -0.2) is 40.4 Å². The zero-order chi connectivity index (χ0) is 17.5. The van der Waals surface area contributed by atoms with Crippen molar-refractivity contribution < 1.29 is 4.74 Å². The molecule has 1 aromatic carbocycles. The molecule has 1 atom stereocenters.